The van der Waals surface area contributed by atoms with Gasteiger partial charge in [0.2, 0.25) is 5.91 Å². The molecule has 0 aliphatic carbocycles. The summed E-state index contributed by atoms with van der Waals surface area (Å²) in [6, 6.07) is 4.21. The minimum absolute atomic E-state index is 0.243. The number of amides is 1. The van der Waals surface area contributed by atoms with E-state index in [1.807, 2.05) is 4.90 Å². The number of nitrogens with zero attached hydrogens (tertiary/aromatic N) is 1. The number of nitrogens with two attached hydrogens (primary N) is 1. The van der Waals surface area contributed by atoms with Crippen LogP contribution in [0.4, 0.5) is 5.69 Å². The molecule has 0 saturated carbocycles. The zero-order chi connectivity index (χ0) is 9.71. The van der Waals surface area contributed by atoms with E-state index >= 15 is 0 Å². The Morgan fingerprint density at radius 3 is 2.93 bits per heavy atom. The lowest BCUT2D eigenvalue weighted by molar-refractivity contribution is -0.117. The smallest absolute Gasteiger partial charge is 0.231 e. The molecule has 0 unspecified atom stereocenters. The van der Waals surface area contributed by atoms with E-state index in [0.717, 1.165) is 18.5 Å². The predicted molar refractivity (Wildman–Crippen MR) is 54.1 cm³/mol. The first-order valence-electron chi connectivity index (χ1n) is 4.94. The molecular formula is C11H12N2O. The van der Waals surface area contributed by atoms with Crippen LogP contribution in [0.5, 0.6) is 0 Å². The van der Waals surface area contributed by atoms with Crippen molar-refractivity contribution in [3.63, 3.8) is 0 Å². The van der Waals surface area contributed by atoms with Gasteiger partial charge < -0.3 is 10.6 Å². The summed E-state index contributed by atoms with van der Waals surface area (Å²) in [4.78, 5) is 13.5. The van der Waals surface area contributed by atoms with E-state index in [0.29, 0.717) is 13.0 Å². The van der Waals surface area contributed by atoms with Gasteiger partial charge in [-0.2, -0.15) is 0 Å². The minimum Gasteiger partial charge on any atom is -0.326 e. The summed E-state index contributed by atoms with van der Waals surface area (Å²) in [5.74, 6) is 0.243. The monoisotopic (exact) mass is 188 g/mol. The van der Waals surface area contributed by atoms with Crippen molar-refractivity contribution < 1.29 is 4.79 Å². The second-order valence-electron chi connectivity index (χ2n) is 3.94. The van der Waals surface area contributed by atoms with Crippen molar-refractivity contribution in [2.24, 2.45) is 5.73 Å². The van der Waals surface area contributed by atoms with Crippen molar-refractivity contribution in [1.29, 1.82) is 0 Å². The number of carbonyl (C=O) groups excluding carboxylic acids is 1. The van der Waals surface area contributed by atoms with Gasteiger partial charge in [0.15, 0.2) is 0 Å². The third kappa shape index (κ3) is 0.876. The van der Waals surface area contributed by atoms with E-state index < -0.39 is 0 Å². The Hall–Kier alpha value is -1.35. The molecule has 1 amide bonds. The number of anilines is 1. The topological polar surface area (TPSA) is 46.3 Å². The molecule has 0 saturated heterocycles. The highest BCUT2D eigenvalue weighted by molar-refractivity contribution is 6.03. The average molecular weight is 188 g/mol. The van der Waals surface area contributed by atoms with E-state index in [9.17, 15) is 4.79 Å². The van der Waals surface area contributed by atoms with Crippen molar-refractivity contribution in [3.05, 3.63) is 28.8 Å². The van der Waals surface area contributed by atoms with E-state index in [4.69, 9.17) is 5.73 Å². The van der Waals surface area contributed by atoms with E-state index in [1.165, 1.54) is 16.8 Å². The van der Waals surface area contributed by atoms with Crippen LogP contribution in [0.15, 0.2) is 12.1 Å². The van der Waals surface area contributed by atoms with E-state index in [2.05, 4.69) is 12.1 Å². The quantitative estimate of drug-likeness (QED) is 0.701. The van der Waals surface area contributed by atoms with Crippen LogP contribution in [-0.2, 0) is 24.2 Å². The van der Waals surface area contributed by atoms with Crippen molar-refractivity contribution in [2.75, 3.05) is 11.4 Å². The average Bonchev–Trinajstić information content (AvgIpc) is 2.73. The van der Waals surface area contributed by atoms with Crippen LogP contribution >= 0.6 is 0 Å². The van der Waals surface area contributed by atoms with Gasteiger partial charge in [0.25, 0.3) is 0 Å². The summed E-state index contributed by atoms with van der Waals surface area (Å²) in [5.41, 5.74) is 10.4. The van der Waals surface area contributed by atoms with Gasteiger partial charge in [0.05, 0.1) is 12.1 Å². The zero-order valence-electron chi connectivity index (χ0n) is 7.92. The summed E-state index contributed by atoms with van der Waals surface area (Å²) in [6.45, 7) is 1.42. The predicted octanol–water partition coefficient (Wildman–Crippen LogP) is 0.590. The van der Waals surface area contributed by atoms with Crippen LogP contribution in [0.2, 0.25) is 0 Å². The van der Waals surface area contributed by atoms with Crippen LogP contribution in [0.25, 0.3) is 0 Å². The summed E-state index contributed by atoms with van der Waals surface area (Å²) >= 11 is 0. The SMILES string of the molecule is NCc1cc2c3c(c1)CC(=O)N3CC2. The van der Waals surface area contributed by atoms with Gasteiger partial charge >= 0.3 is 0 Å². The molecule has 0 atom stereocenters. The molecular weight excluding hydrogens is 176 g/mol. The van der Waals surface area contributed by atoms with Crippen molar-refractivity contribution in [2.45, 2.75) is 19.4 Å². The molecule has 14 heavy (non-hydrogen) atoms. The fourth-order valence-corrected chi connectivity index (χ4v) is 2.47. The summed E-state index contributed by atoms with van der Waals surface area (Å²) in [7, 11) is 0. The van der Waals surface area contributed by atoms with Gasteiger partial charge in [-0.1, -0.05) is 12.1 Å². The van der Waals surface area contributed by atoms with E-state index in [-0.39, 0.29) is 5.91 Å². The maximum absolute atomic E-state index is 11.6. The second-order valence-corrected chi connectivity index (χ2v) is 3.94. The Bertz CT molecular complexity index is 426. The lowest BCUT2D eigenvalue weighted by Gasteiger charge is -2.09. The Kier molecular flexibility index (Phi) is 1.47. The van der Waals surface area contributed by atoms with Gasteiger partial charge in [0.1, 0.15) is 0 Å². The highest BCUT2D eigenvalue weighted by Gasteiger charge is 2.33. The van der Waals surface area contributed by atoms with E-state index in [1.54, 1.807) is 0 Å². The summed E-state index contributed by atoms with van der Waals surface area (Å²) in [5, 5.41) is 0. The Morgan fingerprint density at radius 1 is 1.36 bits per heavy atom. The normalized spacial score (nSPS) is 17.8. The van der Waals surface area contributed by atoms with Gasteiger partial charge in [-0.3, -0.25) is 4.79 Å². The Labute approximate surface area is 82.5 Å². The maximum Gasteiger partial charge on any atom is 0.231 e. The Balaban J connectivity index is 2.22. The fraction of sp³-hybridized carbons (Fsp3) is 0.364. The first-order chi connectivity index (χ1) is 6.79. The van der Waals surface area contributed by atoms with Gasteiger partial charge in [-0.15, -0.1) is 0 Å². The summed E-state index contributed by atoms with van der Waals surface area (Å²) < 4.78 is 0. The fourth-order valence-electron chi connectivity index (χ4n) is 2.47. The standard InChI is InChI=1S/C11H12N2O/c12-6-7-3-8-1-2-13-10(14)5-9(4-7)11(8)13/h3-4H,1-2,5-6,12H2. The lowest BCUT2D eigenvalue weighted by Crippen LogP contribution is -2.24. The maximum atomic E-state index is 11.6. The molecule has 0 aromatic heterocycles. The highest BCUT2D eigenvalue weighted by atomic mass is 16.2. The number of carbonyl (C=O) groups is 1. The molecule has 3 rings (SSSR count). The largest absolute Gasteiger partial charge is 0.326 e. The molecule has 3 heteroatoms. The van der Waals surface area contributed by atoms with Gasteiger partial charge in [0, 0.05) is 13.1 Å². The molecule has 2 N–H and O–H groups in total. The zero-order valence-corrected chi connectivity index (χ0v) is 7.92. The molecule has 0 radical (unpaired) electrons. The molecule has 72 valence electrons. The molecule has 0 fully saturated rings. The number of hydrogen-bond donors (Lipinski definition) is 1. The molecule has 2 heterocycles. The number of hydrogen-bond acceptors (Lipinski definition) is 2. The molecule has 0 bridgehead atoms. The number of benzene rings is 1. The summed E-state index contributed by atoms with van der Waals surface area (Å²) in [6.07, 6.45) is 1.55. The van der Waals surface area contributed by atoms with Crippen LogP contribution in [0, 0.1) is 0 Å². The van der Waals surface area contributed by atoms with Gasteiger partial charge in [-0.05, 0) is 23.1 Å². The third-order valence-corrected chi connectivity index (χ3v) is 3.08. The number of rotatable bonds is 1. The van der Waals surface area contributed by atoms with Crippen LogP contribution in [0.3, 0.4) is 0 Å². The first kappa shape index (κ1) is 8.00. The molecule has 2 aliphatic heterocycles. The second kappa shape index (κ2) is 2.58. The van der Waals surface area contributed by atoms with Crippen molar-refractivity contribution in [3.8, 4) is 0 Å². The van der Waals surface area contributed by atoms with Crippen LogP contribution in [0.1, 0.15) is 16.7 Å². The molecule has 1 aromatic carbocycles. The van der Waals surface area contributed by atoms with Gasteiger partial charge in [-0.25, -0.2) is 0 Å². The lowest BCUT2D eigenvalue weighted by atomic mass is 10.0. The first-order valence-corrected chi connectivity index (χ1v) is 4.94. The van der Waals surface area contributed by atoms with Crippen LogP contribution < -0.4 is 10.6 Å². The molecule has 1 aromatic rings. The highest BCUT2D eigenvalue weighted by Crippen LogP contribution is 2.38. The minimum atomic E-state index is 0.243. The molecule has 2 aliphatic rings. The molecule has 3 nitrogen and oxygen atoms in total. The van der Waals surface area contributed by atoms with Crippen LogP contribution in [-0.4, -0.2) is 12.5 Å². The van der Waals surface area contributed by atoms with Crippen molar-refractivity contribution in [1.82, 2.24) is 0 Å². The molecule has 0 spiro atoms. The third-order valence-electron chi connectivity index (χ3n) is 3.08. The Morgan fingerprint density at radius 2 is 2.14 bits per heavy atom. The van der Waals surface area contributed by atoms with Crippen molar-refractivity contribution >= 4 is 11.6 Å².